The summed E-state index contributed by atoms with van der Waals surface area (Å²) in [7, 11) is 0. The van der Waals surface area contributed by atoms with Crippen molar-refractivity contribution in [2.75, 3.05) is 0 Å². The van der Waals surface area contributed by atoms with Crippen molar-refractivity contribution in [2.24, 2.45) is 11.7 Å². The summed E-state index contributed by atoms with van der Waals surface area (Å²) in [6.45, 7) is 0. The zero-order valence-corrected chi connectivity index (χ0v) is 12.4. The Morgan fingerprint density at radius 3 is 2.41 bits per heavy atom. The maximum atomic E-state index is 12.0. The average Bonchev–Trinajstić information content (AvgIpc) is 2.85. The largest absolute Gasteiger partial charge is 0.478 e. The van der Waals surface area contributed by atoms with Gasteiger partial charge in [-0.25, -0.2) is 4.79 Å². The Kier molecular flexibility index (Phi) is 3.05. The van der Waals surface area contributed by atoms with Crippen LogP contribution in [0.2, 0.25) is 0 Å². The second kappa shape index (κ2) is 4.96. The van der Waals surface area contributed by atoms with Gasteiger partial charge in [0.2, 0.25) is 0 Å². The number of hydrogen-bond donors (Lipinski definition) is 2. The first-order valence-electron chi connectivity index (χ1n) is 7.94. The summed E-state index contributed by atoms with van der Waals surface area (Å²) in [6.07, 6.45) is 4.23. The lowest BCUT2D eigenvalue weighted by Crippen LogP contribution is -2.34. The Morgan fingerprint density at radius 2 is 1.73 bits per heavy atom. The van der Waals surface area contributed by atoms with Crippen LogP contribution >= 0.6 is 0 Å². The van der Waals surface area contributed by atoms with Gasteiger partial charge in [-0.2, -0.15) is 0 Å². The zero-order valence-electron chi connectivity index (χ0n) is 12.4. The summed E-state index contributed by atoms with van der Waals surface area (Å²) >= 11 is 0. The normalized spacial score (nSPS) is 24.0. The van der Waals surface area contributed by atoms with Crippen LogP contribution < -0.4 is 5.73 Å². The third-order valence-electron chi connectivity index (χ3n) is 5.14. The molecule has 1 fully saturated rings. The molecule has 3 nitrogen and oxygen atoms in total. The smallest absolute Gasteiger partial charge is 0.336 e. The van der Waals surface area contributed by atoms with Crippen molar-refractivity contribution in [1.82, 2.24) is 0 Å². The maximum Gasteiger partial charge on any atom is 0.336 e. The van der Waals surface area contributed by atoms with Crippen LogP contribution in [0.3, 0.4) is 0 Å². The van der Waals surface area contributed by atoms with E-state index in [1.165, 1.54) is 0 Å². The van der Waals surface area contributed by atoms with Gasteiger partial charge in [0, 0.05) is 12.0 Å². The van der Waals surface area contributed by atoms with E-state index in [1.54, 1.807) is 0 Å². The van der Waals surface area contributed by atoms with Gasteiger partial charge in [0.25, 0.3) is 0 Å². The molecule has 0 radical (unpaired) electrons. The van der Waals surface area contributed by atoms with E-state index in [4.69, 9.17) is 5.73 Å². The SMILES string of the molecule is N[C@H]1CCCC[C@H]1C1=C(C(=O)O)c2cccc3cccc1c23. The number of nitrogens with two attached hydrogens (primary N) is 1. The molecule has 1 saturated carbocycles. The lowest BCUT2D eigenvalue weighted by molar-refractivity contribution is -0.130. The minimum absolute atomic E-state index is 0.0580. The fourth-order valence-electron chi connectivity index (χ4n) is 4.19. The highest BCUT2D eigenvalue weighted by atomic mass is 16.4. The summed E-state index contributed by atoms with van der Waals surface area (Å²) in [6, 6.07) is 12.1. The lowest BCUT2D eigenvalue weighted by Gasteiger charge is -2.30. The summed E-state index contributed by atoms with van der Waals surface area (Å²) in [4.78, 5) is 12.0. The van der Waals surface area contributed by atoms with E-state index in [2.05, 4.69) is 6.07 Å². The Balaban J connectivity index is 2.00. The van der Waals surface area contributed by atoms with Crippen LogP contribution in [-0.4, -0.2) is 17.1 Å². The van der Waals surface area contributed by atoms with Crippen molar-refractivity contribution in [1.29, 1.82) is 0 Å². The first kappa shape index (κ1) is 13.5. The molecule has 0 spiro atoms. The van der Waals surface area contributed by atoms with Crippen LogP contribution in [0.5, 0.6) is 0 Å². The molecule has 0 saturated heterocycles. The Morgan fingerprint density at radius 1 is 1.05 bits per heavy atom. The number of hydrogen-bond acceptors (Lipinski definition) is 2. The summed E-state index contributed by atoms with van der Waals surface area (Å²) in [5.41, 5.74) is 9.72. The van der Waals surface area contributed by atoms with Gasteiger partial charge in [-0.1, -0.05) is 49.2 Å². The van der Waals surface area contributed by atoms with Gasteiger partial charge in [-0.15, -0.1) is 0 Å². The number of benzene rings is 2. The Bertz CT molecular complexity index is 801. The van der Waals surface area contributed by atoms with Gasteiger partial charge in [0.05, 0.1) is 5.57 Å². The molecule has 0 aliphatic heterocycles. The van der Waals surface area contributed by atoms with E-state index < -0.39 is 5.97 Å². The van der Waals surface area contributed by atoms with Gasteiger partial charge in [0.1, 0.15) is 0 Å². The van der Waals surface area contributed by atoms with Gasteiger partial charge in [-0.3, -0.25) is 0 Å². The third kappa shape index (κ3) is 1.82. The molecule has 0 bridgehead atoms. The minimum atomic E-state index is -0.837. The average molecular weight is 293 g/mol. The Labute approximate surface area is 129 Å². The molecule has 0 amide bonds. The molecule has 22 heavy (non-hydrogen) atoms. The highest BCUT2D eigenvalue weighted by Gasteiger charge is 2.35. The predicted octanol–water partition coefficient (Wildman–Crippen LogP) is 3.67. The quantitative estimate of drug-likeness (QED) is 0.888. The van der Waals surface area contributed by atoms with Crippen molar-refractivity contribution in [2.45, 2.75) is 31.7 Å². The maximum absolute atomic E-state index is 12.0. The van der Waals surface area contributed by atoms with Crippen molar-refractivity contribution >= 4 is 27.9 Å². The molecule has 2 aliphatic rings. The molecular formula is C19H19NO2. The topological polar surface area (TPSA) is 63.3 Å². The molecular weight excluding hydrogens is 274 g/mol. The second-order valence-electron chi connectivity index (χ2n) is 6.36. The van der Waals surface area contributed by atoms with Crippen LogP contribution in [0.1, 0.15) is 36.8 Å². The molecule has 3 N–H and O–H groups in total. The fourth-order valence-corrected chi connectivity index (χ4v) is 4.19. The molecule has 2 atom stereocenters. The van der Waals surface area contributed by atoms with E-state index in [0.717, 1.165) is 53.2 Å². The van der Waals surface area contributed by atoms with Crippen molar-refractivity contribution in [3.63, 3.8) is 0 Å². The van der Waals surface area contributed by atoms with E-state index in [1.807, 2.05) is 30.3 Å². The fraction of sp³-hybridized carbons (Fsp3) is 0.316. The van der Waals surface area contributed by atoms with Crippen molar-refractivity contribution < 1.29 is 9.90 Å². The first-order chi connectivity index (χ1) is 10.7. The zero-order chi connectivity index (χ0) is 15.3. The molecule has 2 aromatic carbocycles. The molecule has 4 rings (SSSR count). The van der Waals surface area contributed by atoms with Gasteiger partial charge in [-0.05, 0) is 40.3 Å². The predicted molar refractivity (Wildman–Crippen MR) is 88.3 cm³/mol. The van der Waals surface area contributed by atoms with Gasteiger partial charge in [0.15, 0.2) is 0 Å². The van der Waals surface area contributed by atoms with Crippen molar-refractivity contribution in [3.8, 4) is 0 Å². The molecule has 112 valence electrons. The summed E-state index contributed by atoms with van der Waals surface area (Å²) in [5, 5.41) is 12.0. The van der Waals surface area contributed by atoms with Crippen molar-refractivity contribution in [3.05, 3.63) is 47.5 Å². The van der Waals surface area contributed by atoms with Crippen LogP contribution in [0.4, 0.5) is 0 Å². The highest BCUT2D eigenvalue weighted by Crippen LogP contribution is 2.48. The molecule has 2 aliphatic carbocycles. The van der Waals surface area contributed by atoms with Crippen LogP contribution in [0.15, 0.2) is 36.4 Å². The van der Waals surface area contributed by atoms with E-state index >= 15 is 0 Å². The third-order valence-corrected chi connectivity index (χ3v) is 5.14. The molecule has 0 aromatic heterocycles. The Hall–Kier alpha value is -2.13. The highest BCUT2D eigenvalue weighted by molar-refractivity contribution is 6.32. The van der Waals surface area contributed by atoms with E-state index in [-0.39, 0.29) is 12.0 Å². The number of rotatable bonds is 2. The van der Waals surface area contributed by atoms with E-state index in [0.29, 0.717) is 5.57 Å². The number of carbonyl (C=O) groups is 1. The van der Waals surface area contributed by atoms with Gasteiger partial charge < -0.3 is 10.8 Å². The molecule has 2 aromatic rings. The summed E-state index contributed by atoms with van der Waals surface area (Å²) in [5.74, 6) is -0.686. The molecule has 0 unspecified atom stereocenters. The lowest BCUT2D eigenvalue weighted by atomic mass is 9.77. The second-order valence-corrected chi connectivity index (χ2v) is 6.36. The first-order valence-corrected chi connectivity index (χ1v) is 7.94. The standard InChI is InChI=1S/C19H19NO2/c20-15-10-2-1-7-12(15)17-13-8-3-5-11-6-4-9-14(16(11)13)18(17)19(21)22/h3-6,8-9,12,15H,1-2,7,10,20H2,(H,21,22)/t12-,15+/m1/s1. The van der Waals surface area contributed by atoms with E-state index in [9.17, 15) is 9.90 Å². The number of carboxylic acids is 1. The monoisotopic (exact) mass is 293 g/mol. The molecule has 3 heteroatoms. The molecule has 0 heterocycles. The van der Waals surface area contributed by atoms with Crippen LogP contribution in [0, 0.1) is 5.92 Å². The van der Waals surface area contributed by atoms with Crippen LogP contribution in [0.25, 0.3) is 21.9 Å². The van der Waals surface area contributed by atoms with Gasteiger partial charge >= 0.3 is 5.97 Å². The number of aliphatic carboxylic acids is 1. The van der Waals surface area contributed by atoms with Crippen LogP contribution in [-0.2, 0) is 4.79 Å². The minimum Gasteiger partial charge on any atom is -0.478 e. The number of carboxylic acid groups (broad SMARTS) is 1. The summed E-state index contributed by atoms with van der Waals surface area (Å²) < 4.78 is 0.